The maximum atomic E-state index is 11.7. The van der Waals surface area contributed by atoms with E-state index in [0.29, 0.717) is 17.2 Å². The van der Waals surface area contributed by atoms with Gasteiger partial charge in [-0.2, -0.15) is 0 Å². The fraction of sp³-hybridized carbons (Fsp3) is 0.318. The lowest BCUT2D eigenvalue weighted by molar-refractivity contribution is 0.0601. The predicted octanol–water partition coefficient (Wildman–Crippen LogP) is 5.36. The zero-order valence-electron chi connectivity index (χ0n) is 15.4. The highest BCUT2D eigenvalue weighted by atomic mass is 16.5. The monoisotopic (exact) mass is 352 g/mol. The summed E-state index contributed by atoms with van der Waals surface area (Å²) in [5, 5.41) is 10.6. The molecule has 0 spiro atoms. The zero-order chi connectivity index (χ0) is 18.7. The minimum atomic E-state index is -0.343. The van der Waals surface area contributed by atoms with Crippen LogP contribution in [0.25, 0.3) is 11.0 Å². The fourth-order valence-corrected chi connectivity index (χ4v) is 3.27. The Hall–Kier alpha value is -2.75. The van der Waals surface area contributed by atoms with Crippen LogP contribution in [0.1, 0.15) is 52.9 Å². The van der Waals surface area contributed by atoms with Gasteiger partial charge in [0, 0.05) is 11.3 Å². The van der Waals surface area contributed by atoms with Crippen molar-refractivity contribution in [3.63, 3.8) is 0 Å². The Kier molecular flexibility index (Phi) is 5.31. The van der Waals surface area contributed by atoms with Crippen molar-refractivity contribution in [3.8, 4) is 5.75 Å². The second-order valence-corrected chi connectivity index (χ2v) is 6.66. The smallest absolute Gasteiger partial charge is 0.337 e. The van der Waals surface area contributed by atoms with Crippen LogP contribution in [0.5, 0.6) is 5.75 Å². The van der Waals surface area contributed by atoms with E-state index >= 15 is 0 Å². The average Bonchev–Trinajstić information content (AvgIpc) is 3.07. The number of esters is 1. The van der Waals surface area contributed by atoms with Crippen molar-refractivity contribution < 1.29 is 19.1 Å². The first-order chi connectivity index (χ1) is 12.5. The third kappa shape index (κ3) is 3.74. The van der Waals surface area contributed by atoms with Gasteiger partial charge < -0.3 is 14.3 Å². The van der Waals surface area contributed by atoms with Crippen molar-refractivity contribution in [1.82, 2.24) is 0 Å². The largest absolute Gasteiger partial charge is 0.508 e. The molecule has 4 heteroatoms. The van der Waals surface area contributed by atoms with Crippen LogP contribution in [0.3, 0.4) is 0 Å². The van der Waals surface area contributed by atoms with Crippen molar-refractivity contribution in [2.45, 2.75) is 39.0 Å². The summed E-state index contributed by atoms with van der Waals surface area (Å²) in [5.41, 5.74) is 3.42. The molecule has 0 saturated heterocycles. The van der Waals surface area contributed by atoms with Crippen molar-refractivity contribution in [2.75, 3.05) is 7.11 Å². The van der Waals surface area contributed by atoms with Crippen molar-refractivity contribution in [2.24, 2.45) is 0 Å². The molecule has 1 atom stereocenters. The highest BCUT2D eigenvalue weighted by Gasteiger charge is 2.16. The van der Waals surface area contributed by atoms with Crippen LogP contribution in [-0.4, -0.2) is 18.2 Å². The van der Waals surface area contributed by atoms with Crippen LogP contribution in [0.4, 0.5) is 0 Å². The molecule has 1 aromatic heterocycles. The molecule has 0 bridgehead atoms. The fourth-order valence-electron chi connectivity index (χ4n) is 3.27. The minimum absolute atomic E-state index is 0.304. The van der Waals surface area contributed by atoms with Crippen molar-refractivity contribution >= 4 is 16.9 Å². The van der Waals surface area contributed by atoms with E-state index in [1.807, 2.05) is 37.3 Å². The number of ether oxygens (including phenoxy) is 1. The van der Waals surface area contributed by atoms with Gasteiger partial charge in [-0.05, 0) is 67.6 Å². The lowest BCUT2D eigenvalue weighted by Gasteiger charge is -2.12. The molecule has 0 aliphatic heterocycles. The number of methoxy groups -OCH3 is 1. The predicted molar refractivity (Wildman–Crippen MR) is 102 cm³/mol. The van der Waals surface area contributed by atoms with Crippen LogP contribution in [0.15, 0.2) is 46.9 Å². The number of benzene rings is 2. The zero-order valence-corrected chi connectivity index (χ0v) is 15.4. The summed E-state index contributed by atoms with van der Waals surface area (Å²) in [6.07, 6.45) is 2.86. The summed E-state index contributed by atoms with van der Waals surface area (Å²) < 4.78 is 10.8. The third-order valence-corrected chi connectivity index (χ3v) is 4.89. The van der Waals surface area contributed by atoms with E-state index in [2.05, 4.69) is 6.92 Å². The van der Waals surface area contributed by atoms with Gasteiger partial charge in [0.15, 0.2) is 0 Å². The number of hydrogen-bond acceptors (Lipinski definition) is 4. The topological polar surface area (TPSA) is 59.7 Å². The van der Waals surface area contributed by atoms with Crippen LogP contribution in [0.2, 0.25) is 0 Å². The number of carbonyl (C=O) groups is 1. The Balaban J connectivity index is 1.78. The number of hydrogen-bond donors (Lipinski definition) is 1. The maximum absolute atomic E-state index is 11.7. The molecule has 0 aliphatic rings. The van der Waals surface area contributed by atoms with Gasteiger partial charge in [-0.15, -0.1) is 0 Å². The van der Waals surface area contributed by atoms with Gasteiger partial charge in [0.25, 0.3) is 0 Å². The lowest BCUT2D eigenvalue weighted by atomic mass is 9.94. The van der Waals surface area contributed by atoms with E-state index in [9.17, 15) is 9.90 Å². The van der Waals surface area contributed by atoms with Gasteiger partial charge >= 0.3 is 5.97 Å². The second-order valence-electron chi connectivity index (χ2n) is 6.66. The maximum Gasteiger partial charge on any atom is 0.337 e. The molecule has 1 heterocycles. The summed E-state index contributed by atoms with van der Waals surface area (Å²) in [7, 11) is 1.38. The first-order valence-corrected chi connectivity index (χ1v) is 8.92. The number of aryl methyl sites for hydroxylation is 2. The molecule has 136 valence electrons. The summed E-state index contributed by atoms with van der Waals surface area (Å²) >= 11 is 0. The first kappa shape index (κ1) is 18.1. The molecular weight excluding hydrogens is 328 g/mol. The number of carbonyl (C=O) groups excluding carboxylic acids is 1. The molecule has 26 heavy (non-hydrogen) atoms. The van der Waals surface area contributed by atoms with Crippen LogP contribution in [-0.2, 0) is 11.2 Å². The SMILES string of the molecule is CCC(CCc1ccc(O)c(C)c1)c1cc2cc(C(=O)OC)ccc2o1. The molecule has 1 unspecified atom stereocenters. The number of furan rings is 1. The van der Waals surface area contributed by atoms with E-state index < -0.39 is 0 Å². The summed E-state index contributed by atoms with van der Waals surface area (Å²) in [5.74, 6) is 1.24. The van der Waals surface area contributed by atoms with Gasteiger partial charge in [-0.25, -0.2) is 4.79 Å². The molecule has 0 radical (unpaired) electrons. The summed E-state index contributed by atoms with van der Waals surface area (Å²) in [6, 6.07) is 13.1. The molecule has 1 N–H and O–H groups in total. The van der Waals surface area contributed by atoms with E-state index in [4.69, 9.17) is 9.15 Å². The molecular formula is C22H24O4. The highest BCUT2D eigenvalue weighted by Crippen LogP contribution is 2.31. The molecule has 0 aliphatic carbocycles. The highest BCUT2D eigenvalue weighted by molar-refractivity contribution is 5.94. The lowest BCUT2D eigenvalue weighted by Crippen LogP contribution is -2.00. The first-order valence-electron chi connectivity index (χ1n) is 8.92. The van der Waals surface area contributed by atoms with E-state index in [1.54, 1.807) is 12.1 Å². The Morgan fingerprint density at radius 1 is 1.19 bits per heavy atom. The van der Waals surface area contributed by atoms with Gasteiger partial charge in [0.05, 0.1) is 12.7 Å². The van der Waals surface area contributed by atoms with Gasteiger partial charge in [-0.1, -0.05) is 19.1 Å². The molecule has 4 nitrogen and oxygen atoms in total. The molecule has 0 saturated carbocycles. The molecule has 3 rings (SSSR count). The van der Waals surface area contributed by atoms with Gasteiger partial charge in [-0.3, -0.25) is 0 Å². The summed E-state index contributed by atoms with van der Waals surface area (Å²) in [6.45, 7) is 4.06. The Morgan fingerprint density at radius 2 is 2.00 bits per heavy atom. The second kappa shape index (κ2) is 7.65. The van der Waals surface area contributed by atoms with E-state index in [0.717, 1.165) is 41.6 Å². The Morgan fingerprint density at radius 3 is 2.69 bits per heavy atom. The van der Waals surface area contributed by atoms with Gasteiger partial charge in [0.2, 0.25) is 0 Å². The van der Waals surface area contributed by atoms with Crippen molar-refractivity contribution in [3.05, 3.63) is 64.9 Å². The average molecular weight is 352 g/mol. The molecule has 3 aromatic rings. The normalized spacial score (nSPS) is 12.3. The van der Waals surface area contributed by atoms with Crippen LogP contribution in [0, 0.1) is 6.92 Å². The van der Waals surface area contributed by atoms with E-state index in [1.165, 1.54) is 12.7 Å². The van der Waals surface area contributed by atoms with E-state index in [-0.39, 0.29) is 5.97 Å². The minimum Gasteiger partial charge on any atom is -0.508 e. The van der Waals surface area contributed by atoms with Crippen LogP contribution >= 0.6 is 0 Å². The third-order valence-electron chi connectivity index (χ3n) is 4.89. The number of aromatic hydroxyl groups is 1. The number of phenols is 1. The number of fused-ring (bicyclic) bond motifs is 1. The number of phenolic OH excluding ortho intramolecular Hbond substituents is 1. The Bertz CT molecular complexity index is 923. The molecule has 0 fully saturated rings. The van der Waals surface area contributed by atoms with Crippen molar-refractivity contribution in [1.29, 1.82) is 0 Å². The quantitative estimate of drug-likeness (QED) is 0.607. The van der Waals surface area contributed by atoms with Gasteiger partial charge in [0.1, 0.15) is 17.1 Å². The summed E-state index contributed by atoms with van der Waals surface area (Å²) in [4.78, 5) is 11.7. The Labute approximate surface area is 153 Å². The molecule has 0 amide bonds. The number of rotatable bonds is 6. The van der Waals surface area contributed by atoms with Crippen LogP contribution < -0.4 is 0 Å². The molecule has 2 aromatic carbocycles. The standard InChI is InChI=1S/C22H24O4/c1-4-16(7-5-15-6-9-19(23)14(2)11-15)21-13-18-12-17(22(24)25-3)8-10-20(18)26-21/h6,8-13,16,23H,4-5,7H2,1-3H3.